The van der Waals surface area contributed by atoms with Crippen LogP contribution in [0.1, 0.15) is 12.5 Å². The van der Waals surface area contributed by atoms with E-state index in [4.69, 9.17) is 4.74 Å². The van der Waals surface area contributed by atoms with Crippen molar-refractivity contribution < 1.29 is 13.2 Å². The molecule has 2 N–H and O–H groups in total. The van der Waals surface area contributed by atoms with Gasteiger partial charge in [0.1, 0.15) is 0 Å². The van der Waals surface area contributed by atoms with Crippen LogP contribution >= 0.6 is 15.9 Å². The van der Waals surface area contributed by atoms with Gasteiger partial charge in [-0.3, -0.25) is 0 Å². The molecule has 7 nitrogen and oxygen atoms in total. The molecule has 1 heterocycles. The molecule has 1 aromatic carbocycles. The predicted molar refractivity (Wildman–Crippen MR) is 77.2 cm³/mol. The molecule has 0 aliphatic heterocycles. The highest BCUT2D eigenvalue weighted by atomic mass is 79.9. The van der Waals surface area contributed by atoms with Gasteiger partial charge in [-0.05, 0) is 37.6 Å². The summed E-state index contributed by atoms with van der Waals surface area (Å²) in [6.45, 7) is 3.99. The lowest BCUT2D eigenvalue weighted by molar-refractivity contribution is 0.314. The van der Waals surface area contributed by atoms with Crippen molar-refractivity contribution in [3.63, 3.8) is 0 Å². The van der Waals surface area contributed by atoms with Gasteiger partial charge in [0.15, 0.2) is 0 Å². The summed E-state index contributed by atoms with van der Waals surface area (Å²) >= 11 is 3.32. The normalized spacial score (nSPS) is 11.3. The van der Waals surface area contributed by atoms with Gasteiger partial charge in [0.05, 0.1) is 11.5 Å². The van der Waals surface area contributed by atoms with E-state index >= 15 is 0 Å². The number of aromatic nitrogens is 3. The number of rotatable bonds is 5. The number of aromatic amines is 1. The number of nitrogens with one attached hydrogen (secondary N) is 2. The van der Waals surface area contributed by atoms with Crippen molar-refractivity contribution in [3.05, 3.63) is 28.2 Å². The number of nitrogens with zero attached hydrogens (tertiary/aromatic N) is 2. The van der Waals surface area contributed by atoms with Crippen LogP contribution in [0.4, 0.5) is 5.95 Å². The Kier molecular flexibility index (Phi) is 4.29. The third-order valence-electron chi connectivity index (χ3n) is 2.41. The van der Waals surface area contributed by atoms with Gasteiger partial charge < -0.3 is 4.74 Å². The summed E-state index contributed by atoms with van der Waals surface area (Å²) < 4.78 is 32.6. The van der Waals surface area contributed by atoms with Gasteiger partial charge in [-0.1, -0.05) is 15.9 Å². The predicted octanol–water partition coefficient (Wildman–Crippen LogP) is 2.08. The molecule has 0 fully saturated rings. The lowest BCUT2D eigenvalue weighted by Crippen LogP contribution is -2.14. The van der Waals surface area contributed by atoms with Crippen LogP contribution in [0.3, 0.4) is 0 Å². The molecule has 1 aromatic heterocycles. The summed E-state index contributed by atoms with van der Waals surface area (Å²) in [5.41, 5.74) is 0.820. The average Bonchev–Trinajstić information content (AvgIpc) is 2.79. The zero-order valence-electron chi connectivity index (χ0n) is 10.8. The topological polar surface area (TPSA) is 97.0 Å². The summed E-state index contributed by atoms with van der Waals surface area (Å²) in [5, 5.41) is 6.18. The van der Waals surface area contributed by atoms with Gasteiger partial charge in [0.25, 0.3) is 10.0 Å². The first-order chi connectivity index (χ1) is 9.42. The maximum Gasteiger partial charge on any atom is 0.337 e. The second-order valence-electron chi connectivity index (χ2n) is 3.92. The van der Waals surface area contributed by atoms with Crippen LogP contribution in [-0.2, 0) is 10.0 Å². The maximum absolute atomic E-state index is 12.2. The van der Waals surface area contributed by atoms with E-state index in [0.29, 0.717) is 6.61 Å². The fraction of sp³-hybridized carbons (Fsp3) is 0.273. The molecule has 2 aromatic rings. The molecule has 20 heavy (non-hydrogen) atoms. The number of anilines is 1. The Hall–Kier alpha value is -1.61. The Balaban J connectivity index is 2.23. The van der Waals surface area contributed by atoms with E-state index in [1.165, 1.54) is 6.07 Å². The minimum absolute atomic E-state index is 0.00835. The fourth-order valence-corrected chi connectivity index (χ4v) is 2.75. The Morgan fingerprint density at radius 2 is 2.20 bits per heavy atom. The van der Waals surface area contributed by atoms with Crippen LogP contribution in [-0.4, -0.2) is 30.2 Å². The quantitative estimate of drug-likeness (QED) is 0.850. The van der Waals surface area contributed by atoms with Crippen molar-refractivity contribution in [3.8, 4) is 6.01 Å². The molecule has 9 heteroatoms. The lowest BCUT2D eigenvalue weighted by atomic mass is 10.2. The van der Waals surface area contributed by atoms with Crippen LogP contribution in [0, 0.1) is 6.92 Å². The van der Waals surface area contributed by atoms with E-state index in [1.54, 1.807) is 19.1 Å². The standard InChI is InChI=1S/C11H13BrN4O3S/c1-3-19-11-13-10(14-15-11)16-20(17,18)8-4-5-9(12)7(2)6-8/h4-6H,3H2,1-2H3,(H2,13,14,15,16). The van der Waals surface area contributed by atoms with Crippen molar-refractivity contribution in [2.24, 2.45) is 0 Å². The van der Waals surface area contributed by atoms with Crippen LogP contribution in [0.2, 0.25) is 0 Å². The maximum atomic E-state index is 12.2. The van der Waals surface area contributed by atoms with Crippen LogP contribution in [0.15, 0.2) is 27.6 Å². The molecule has 0 spiro atoms. The molecule has 0 bridgehead atoms. The first-order valence-corrected chi connectivity index (χ1v) is 8.04. The summed E-state index contributed by atoms with van der Waals surface area (Å²) in [6.07, 6.45) is 0. The molecule has 0 saturated heterocycles. The van der Waals surface area contributed by atoms with E-state index in [-0.39, 0.29) is 16.9 Å². The highest BCUT2D eigenvalue weighted by Gasteiger charge is 2.17. The number of aryl methyl sites for hydroxylation is 1. The Morgan fingerprint density at radius 1 is 1.45 bits per heavy atom. The number of benzene rings is 1. The third kappa shape index (κ3) is 3.28. The van der Waals surface area contributed by atoms with Gasteiger partial charge in [-0.2, -0.15) is 4.98 Å². The lowest BCUT2D eigenvalue weighted by Gasteiger charge is -2.06. The molecule has 108 valence electrons. The largest absolute Gasteiger partial charge is 0.463 e. The summed E-state index contributed by atoms with van der Waals surface area (Å²) in [5.74, 6) is 0.00835. The molecule has 0 aliphatic rings. The zero-order valence-corrected chi connectivity index (χ0v) is 13.2. The summed E-state index contributed by atoms with van der Waals surface area (Å²) in [6, 6.07) is 4.83. The number of hydrogen-bond donors (Lipinski definition) is 2. The van der Waals surface area contributed by atoms with Crippen LogP contribution in [0.25, 0.3) is 0 Å². The van der Waals surface area contributed by atoms with Gasteiger partial charge in [-0.15, -0.1) is 5.10 Å². The zero-order chi connectivity index (χ0) is 14.8. The molecule has 0 aliphatic carbocycles. The number of ether oxygens (including phenoxy) is 1. The molecule has 2 rings (SSSR count). The smallest absolute Gasteiger partial charge is 0.337 e. The van der Waals surface area contributed by atoms with E-state index in [9.17, 15) is 8.42 Å². The monoisotopic (exact) mass is 360 g/mol. The van der Waals surface area contributed by atoms with Crippen molar-refractivity contribution in [2.75, 3.05) is 11.3 Å². The molecular weight excluding hydrogens is 348 g/mol. The van der Waals surface area contributed by atoms with Gasteiger partial charge >= 0.3 is 6.01 Å². The molecule has 0 atom stereocenters. The van der Waals surface area contributed by atoms with E-state index in [0.717, 1.165) is 10.0 Å². The van der Waals surface area contributed by atoms with Crippen molar-refractivity contribution in [1.29, 1.82) is 0 Å². The van der Waals surface area contributed by atoms with Crippen molar-refractivity contribution in [2.45, 2.75) is 18.7 Å². The highest BCUT2D eigenvalue weighted by Crippen LogP contribution is 2.21. The Morgan fingerprint density at radius 3 is 2.85 bits per heavy atom. The average molecular weight is 361 g/mol. The minimum atomic E-state index is -3.71. The highest BCUT2D eigenvalue weighted by molar-refractivity contribution is 9.10. The number of hydrogen-bond acceptors (Lipinski definition) is 5. The van der Waals surface area contributed by atoms with E-state index < -0.39 is 10.0 Å². The fourth-order valence-electron chi connectivity index (χ4n) is 1.46. The second kappa shape index (κ2) is 5.80. The van der Waals surface area contributed by atoms with Crippen LogP contribution < -0.4 is 9.46 Å². The Bertz CT molecular complexity index is 714. The third-order valence-corrected chi connectivity index (χ3v) is 4.64. The summed E-state index contributed by atoms with van der Waals surface area (Å²) in [7, 11) is -3.71. The Labute approximate surface area is 124 Å². The van der Waals surface area contributed by atoms with Crippen LogP contribution in [0.5, 0.6) is 6.01 Å². The molecular formula is C11H13BrN4O3S. The molecule has 0 amide bonds. The first-order valence-electron chi connectivity index (χ1n) is 5.76. The minimum Gasteiger partial charge on any atom is -0.463 e. The van der Waals surface area contributed by atoms with Crippen molar-refractivity contribution >= 4 is 31.9 Å². The number of halogens is 1. The molecule has 0 unspecified atom stereocenters. The molecule has 0 saturated carbocycles. The number of sulfonamides is 1. The van der Waals surface area contributed by atoms with E-state index in [2.05, 4.69) is 35.8 Å². The van der Waals surface area contributed by atoms with Gasteiger partial charge in [-0.25, -0.2) is 18.2 Å². The van der Waals surface area contributed by atoms with Gasteiger partial charge in [0, 0.05) is 4.47 Å². The molecule has 0 radical (unpaired) electrons. The summed E-state index contributed by atoms with van der Waals surface area (Å²) in [4.78, 5) is 4.01. The SMILES string of the molecule is CCOc1n[nH]c(NS(=O)(=O)c2ccc(Br)c(C)c2)n1. The van der Waals surface area contributed by atoms with Gasteiger partial charge in [0.2, 0.25) is 5.95 Å². The first kappa shape index (κ1) is 14.8. The van der Waals surface area contributed by atoms with Crippen molar-refractivity contribution in [1.82, 2.24) is 15.2 Å². The number of H-pyrrole nitrogens is 1. The van der Waals surface area contributed by atoms with E-state index in [1.807, 2.05) is 6.92 Å². The second-order valence-corrected chi connectivity index (χ2v) is 6.45.